The second-order valence-electron chi connectivity index (χ2n) is 8.20. The fourth-order valence-corrected chi connectivity index (χ4v) is 4.08. The molecule has 0 aliphatic rings. The molecule has 1 amide bonds. The van der Waals surface area contributed by atoms with E-state index in [1.807, 2.05) is 44.2 Å². The first kappa shape index (κ1) is 25.6. The van der Waals surface area contributed by atoms with Crippen LogP contribution >= 0.6 is 27.5 Å². The number of fused-ring (bicyclic) bond motifs is 1. The van der Waals surface area contributed by atoms with E-state index < -0.39 is 0 Å². The number of hydrogen-bond donors (Lipinski definition) is 1. The molecular formula is C27H24BrClN4O3. The summed E-state index contributed by atoms with van der Waals surface area (Å²) in [7, 11) is 0. The van der Waals surface area contributed by atoms with Crippen molar-refractivity contribution in [3.63, 3.8) is 0 Å². The molecule has 1 aromatic heterocycles. The Bertz CT molecular complexity index is 1490. The number of aromatic nitrogens is 2. The lowest BCUT2D eigenvalue weighted by Gasteiger charge is -2.14. The molecule has 0 saturated heterocycles. The number of nitrogens with zero attached hydrogens (tertiary/aromatic N) is 3. The molecule has 36 heavy (non-hydrogen) atoms. The van der Waals surface area contributed by atoms with Gasteiger partial charge in [-0.15, -0.1) is 0 Å². The van der Waals surface area contributed by atoms with E-state index in [2.05, 4.69) is 26.3 Å². The molecule has 4 aromatic rings. The van der Waals surface area contributed by atoms with Crippen LogP contribution in [0.2, 0.25) is 5.02 Å². The lowest BCUT2D eigenvalue weighted by atomic mass is 10.1. The molecule has 0 aliphatic heterocycles. The average Bonchev–Trinajstić information content (AvgIpc) is 2.88. The van der Waals surface area contributed by atoms with Crippen LogP contribution in [-0.2, 0) is 4.79 Å². The molecule has 1 heterocycles. The van der Waals surface area contributed by atoms with E-state index in [-0.39, 0.29) is 24.0 Å². The number of amides is 1. The van der Waals surface area contributed by atoms with Crippen molar-refractivity contribution in [2.45, 2.75) is 26.2 Å². The van der Waals surface area contributed by atoms with Gasteiger partial charge in [-0.1, -0.05) is 59.6 Å². The van der Waals surface area contributed by atoms with Gasteiger partial charge < -0.3 is 10.1 Å². The Labute approximate surface area is 221 Å². The summed E-state index contributed by atoms with van der Waals surface area (Å²) in [5.74, 6) is 0.690. The van der Waals surface area contributed by atoms with E-state index in [9.17, 15) is 9.59 Å². The molecule has 0 saturated carbocycles. The second-order valence-corrected chi connectivity index (χ2v) is 9.52. The van der Waals surface area contributed by atoms with Crippen LogP contribution in [0.4, 0.5) is 5.69 Å². The van der Waals surface area contributed by atoms with Crippen LogP contribution in [0, 0.1) is 0 Å². The molecule has 0 bridgehead atoms. The third-order valence-corrected chi connectivity index (χ3v) is 6.37. The highest BCUT2D eigenvalue weighted by molar-refractivity contribution is 9.10. The van der Waals surface area contributed by atoms with E-state index in [0.29, 0.717) is 38.8 Å². The number of nitrogens with one attached hydrogen (secondary N) is 1. The molecule has 4 rings (SSSR count). The van der Waals surface area contributed by atoms with Gasteiger partial charge in [0.25, 0.3) is 11.5 Å². The van der Waals surface area contributed by atoms with Gasteiger partial charge in [0.05, 0.1) is 22.1 Å². The third-order valence-electron chi connectivity index (χ3n) is 5.58. The van der Waals surface area contributed by atoms with Crippen molar-refractivity contribution in [2.75, 3.05) is 11.9 Å². The van der Waals surface area contributed by atoms with Gasteiger partial charge in [-0.05, 0) is 60.5 Å². The van der Waals surface area contributed by atoms with Crippen LogP contribution in [0.25, 0.3) is 10.9 Å². The van der Waals surface area contributed by atoms with Crippen molar-refractivity contribution in [2.24, 2.45) is 5.10 Å². The molecular weight excluding hydrogens is 544 g/mol. The summed E-state index contributed by atoms with van der Waals surface area (Å²) in [6.07, 6.45) is 2.36. The smallest absolute Gasteiger partial charge is 0.282 e. The fourth-order valence-electron chi connectivity index (χ4n) is 3.48. The maximum absolute atomic E-state index is 13.2. The van der Waals surface area contributed by atoms with E-state index in [1.54, 1.807) is 42.6 Å². The number of rotatable bonds is 8. The Morgan fingerprint density at radius 3 is 2.69 bits per heavy atom. The van der Waals surface area contributed by atoms with Crippen molar-refractivity contribution in [3.05, 3.63) is 98.0 Å². The predicted molar refractivity (Wildman–Crippen MR) is 147 cm³/mol. The number of carbonyl (C=O) groups excluding carboxylic acids is 1. The summed E-state index contributed by atoms with van der Waals surface area (Å²) < 4.78 is 7.71. The van der Waals surface area contributed by atoms with Crippen molar-refractivity contribution < 1.29 is 9.53 Å². The van der Waals surface area contributed by atoms with Gasteiger partial charge in [0, 0.05) is 16.1 Å². The molecule has 0 spiro atoms. The monoisotopic (exact) mass is 566 g/mol. The van der Waals surface area contributed by atoms with Gasteiger partial charge in [0.1, 0.15) is 11.6 Å². The molecule has 184 valence electrons. The Morgan fingerprint density at radius 2 is 1.97 bits per heavy atom. The van der Waals surface area contributed by atoms with Crippen LogP contribution in [0.15, 0.2) is 81.1 Å². The van der Waals surface area contributed by atoms with Crippen molar-refractivity contribution >= 4 is 56.2 Å². The van der Waals surface area contributed by atoms with Crippen molar-refractivity contribution in [1.29, 1.82) is 0 Å². The molecule has 0 radical (unpaired) electrons. The second kappa shape index (κ2) is 11.5. The number of hydrogen-bond acceptors (Lipinski definition) is 5. The summed E-state index contributed by atoms with van der Waals surface area (Å²) >= 11 is 9.80. The highest BCUT2D eigenvalue weighted by Gasteiger charge is 2.16. The molecule has 1 N–H and O–H groups in total. The number of anilines is 1. The topological polar surface area (TPSA) is 85.6 Å². The third kappa shape index (κ3) is 6.01. The first-order valence-corrected chi connectivity index (χ1v) is 12.6. The Kier molecular flexibility index (Phi) is 8.18. The number of carbonyl (C=O) groups is 1. The Balaban J connectivity index is 1.54. The number of halogens is 2. The molecule has 3 aromatic carbocycles. The molecule has 0 aliphatic carbocycles. The highest BCUT2D eigenvalue weighted by atomic mass is 79.9. The lowest BCUT2D eigenvalue weighted by Crippen LogP contribution is -2.23. The SMILES string of the molecule is CC[C@@H](C)c1nc2ccc(Br)cc2c(=O)n1N=Cc1ccc(OCC(=O)Nc2ccccc2)c(Cl)c1. The number of benzene rings is 3. The fraction of sp³-hybridized carbons (Fsp3) is 0.185. The zero-order chi connectivity index (χ0) is 25.7. The normalized spacial score (nSPS) is 12.1. The number of para-hydroxylation sites is 1. The van der Waals surface area contributed by atoms with Gasteiger partial charge in [0.2, 0.25) is 0 Å². The van der Waals surface area contributed by atoms with Crippen LogP contribution in [0.1, 0.15) is 37.6 Å². The van der Waals surface area contributed by atoms with Crippen LogP contribution < -0.4 is 15.6 Å². The van der Waals surface area contributed by atoms with Gasteiger partial charge in [0.15, 0.2) is 6.61 Å². The number of ether oxygens (including phenoxy) is 1. The van der Waals surface area contributed by atoms with Crippen molar-refractivity contribution in [1.82, 2.24) is 9.66 Å². The lowest BCUT2D eigenvalue weighted by molar-refractivity contribution is -0.118. The quantitative estimate of drug-likeness (QED) is 0.256. The predicted octanol–water partition coefficient (Wildman–Crippen LogP) is 6.23. The molecule has 7 nitrogen and oxygen atoms in total. The van der Waals surface area contributed by atoms with Crippen LogP contribution in [-0.4, -0.2) is 28.4 Å². The summed E-state index contributed by atoms with van der Waals surface area (Å²) in [4.78, 5) is 30.1. The van der Waals surface area contributed by atoms with E-state index in [1.165, 1.54) is 4.68 Å². The minimum absolute atomic E-state index is 0.0318. The molecule has 0 fully saturated rings. The standard InChI is InChI=1S/C27H24BrClN4O3/c1-3-17(2)26-32-23-11-10-19(28)14-21(23)27(35)33(26)30-15-18-9-12-24(22(29)13-18)36-16-25(34)31-20-7-5-4-6-8-20/h4-15,17H,3,16H2,1-2H3,(H,31,34)/t17-/m1/s1. The van der Waals surface area contributed by atoms with Gasteiger partial charge in [-0.3, -0.25) is 9.59 Å². The zero-order valence-electron chi connectivity index (χ0n) is 19.7. The molecule has 9 heteroatoms. The zero-order valence-corrected chi connectivity index (χ0v) is 22.1. The summed E-state index contributed by atoms with van der Waals surface area (Å²) in [6.45, 7) is 3.86. The molecule has 0 unspecified atom stereocenters. The minimum atomic E-state index is -0.296. The maximum Gasteiger partial charge on any atom is 0.282 e. The molecule has 1 atom stereocenters. The first-order valence-electron chi connectivity index (χ1n) is 11.4. The summed E-state index contributed by atoms with van der Waals surface area (Å²) in [5, 5.41) is 8.00. The van der Waals surface area contributed by atoms with Gasteiger partial charge in [-0.25, -0.2) is 4.98 Å². The van der Waals surface area contributed by atoms with E-state index >= 15 is 0 Å². The van der Waals surface area contributed by atoms with Gasteiger partial charge in [-0.2, -0.15) is 9.78 Å². The summed E-state index contributed by atoms with van der Waals surface area (Å²) in [5.41, 5.74) is 1.73. The maximum atomic E-state index is 13.2. The highest BCUT2D eigenvalue weighted by Crippen LogP contribution is 2.25. The van der Waals surface area contributed by atoms with E-state index in [0.717, 1.165) is 10.9 Å². The Morgan fingerprint density at radius 1 is 1.19 bits per heavy atom. The Hall–Kier alpha value is -3.49. The summed E-state index contributed by atoms with van der Waals surface area (Å²) in [6, 6.07) is 19.6. The largest absolute Gasteiger partial charge is 0.482 e. The minimum Gasteiger partial charge on any atom is -0.482 e. The van der Waals surface area contributed by atoms with Crippen molar-refractivity contribution in [3.8, 4) is 5.75 Å². The first-order chi connectivity index (χ1) is 17.4. The van der Waals surface area contributed by atoms with Crippen LogP contribution in [0.3, 0.4) is 0 Å². The van der Waals surface area contributed by atoms with E-state index in [4.69, 9.17) is 21.3 Å². The van der Waals surface area contributed by atoms with Crippen LogP contribution in [0.5, 0.6) is 5.75 Å². The average molecular weight is 568 g/mol. The van der Waals surface area contributed by atoms with Gasteiger partial charge >= 0.3 is 0 Å².